The average molecular weight is 257 g/mol. The molecule has 1 aliphatic carbocycles. The summed E-state index contributed by atoms with van der Waals surface area (Å²) in [6.45, 7) is 4.67. The molecule has 1 fully saturated rings. The zero-order chi connectivity index (χ0) is 13.3. The Balaban J connectivity index is 1.81. The van der Waals surface area contributed by atoms with Crippen molar-refractivity contribution < 1.29 is 0 Å². The number of nitrogens with zero attached hydrogens (tertiary/aromatic N) is 4. The normalized spacial score (nSPS) is 21.5. The Labute approximate surface area is 113 Å². The largest absolute Gasteiger partial charge is 0.382 e. The van der Waals surface area contributed by atoms with Crippen molar-refractivity contribution >= 4 is 5.69 Å². The molecule has 0 spiro atoms. The van der Waals surface area contributed by atoms with E-state index >= 15 is 0 Å². The number of aromatic nitrogens is 4. The zero-order valence-corrected chi connectivity index (χ0v) is 11.4. The second kappa shape index (κ2) is 4.64. The van der Waals surface area contributed by atoms with Crippen molar-refractivity contribution in [2.75, 3.05) is 5.32 Å². The molecule has 1 aliphatic rings. The van der Waals surface area contributed by atoms with Gasteiger partial charge in [0.1, 0.15) is 6.33 Å². The van der Waals surface area contributed by atoms with Gasteiger partial charge in [-0.1, -0.05) is 26.3 Å². The third-order valence-corrected chi connectivity index (χ3v) is 4.06. The lowest BCUT2D eigenvalue weighted by Crippen LogP contribution is -2.30. The summed E-state index contributed by atoms with van der Waals surface area (Å²) in [5.74, 6) is 0. The Hall–Kier alpha value is -1.91. The van der Waals surface area contributed by atoms with Gasteiger partial charge in [0.15, 0.2) is 0 Å². The lowest BCUT2D eigenvalue weighted by atomic mass is 9.87. The van der Waals surface area contributed by atoms with Crippen LogP contribution in [0.1, 0.15) is 33.1 Å². The first-order valence-electron chi connectivity index (χ1n) is 6.75. The minimum absolute atomic E-state index is 0.366. The fraction of sp³-hybridized carbons (Fsp3) is 0.500. The molecule has 0 amide bonds. The van der Waals surface area contributed by atoms with Crippen LogP contribution >= 0.6 is 0 Å². The van der Waals surface area contributed by atoms with Gasteiger partial charge in [0.2, 0.25) is 0 Å². The molecule has 1 aromatic heterocycles. The number of tetrazole rings is 1. The maximum atomic E-state index is 3.92. The van der Waals surface area contributed by atoms with Crippen molar-refractivity contribution in [2.24, 2.45) is 5.41 Å². The quantitative estimate of drug-likeness (QED) is 0.918. The van der Waals surface area contributed by atoms with Gasteiger partial charge in [-0.2, -0.15) is 0 Å². The van der Waals surface area contributed by atoms with E-state index in [9.17, 15) is 0 Å². The Bertz CT molecular complexity index is 547. The molecule has 0 bridgehead atoms. The Morgan fingerprint density at radius 1 is 1.37 bits per heavy atom. The number of benzene rings is 1. The molecule has 5 heteroatoms. The number of nitrogens with one attached hydrogen (secondary N) is 1. The van der Waals surface area contributed by atoms with Crippen molar-refractivity contribution in [3.8, 4) is 5.69 Å². The monoisotopic (exact) mass is 257 g/mol. The van der Waals surface area contributed by atoms with Crippen LogP contribution in [-0.4, -0.2) is 26.2 Å². The van der Waals surface area contributed by atoms with Gasteiger partial charge in [-0.15, -0.1) is 5.10 Å². The zero-order valence-electron chi connectivity index (χ0n) is 11.4. The van der Waals surface area contributed by atoms with Crippen LogP contribution in [0.5, 0.6) is 0 Å². The molecule has 1 heterocycles. The SMILES string of the molecule is CC1(C)CCCC1Nc1cccc(-n2cnnn2)c1. The highest BCUT2D eigenvalue weighted by atomic mass is 15.5. The minimum atomic E-state index is 0.366. The highest BCUT2D eigenvalue weighted by Gasteiger charge is 2.34. The third kappa shape index (κ3) is 2.45. The van der Waals surface area contributed by atoms with Gasteiger partial charge in [0, 0.05) is 11.7 Å². The molecule has 0 radical (unpaired) electrons. The molecular weight excluding hydrogens is 238 g/mol. The molecule has 5 nitrogen and oxygen atoms in total. The smallest absolute Gasteiger partial charge is 0.143 e. The summed E-state index contributed by atoms with van der Waals surface area (Å²) in [5.41, 5.74) is 2.48. The molecule has 1 saturated carbocycles. The Morgan fingerprint density at radius 2 is 2.26 bits per heavy atom. The summed E-state index contributed by atoms with van der Waals surface area (Å²) in [6, 6.07) is 8.76. The van der Waals surface area contributed by atoms with E-state index in [1.165, 1.54) is 19.3 Å². The predicted octanol–water partition coefficient (Wildman–Crippen LogP) is 2.65. The van der Waals surface area contributed by atoms with Gasteiger partial charge in [-0.3, -0.25) is 0 Å². The van der Waals surface area contributed by atoms with Crippen molar-refractivity contribution in [3.63, 3.8) is 0 Å². The summed E-state index contributed by atoms with van der Waals surface area (Å²) >= 11 is 0. The highest BCUT2D eigenvalue weighted by molar-refractivity contribution is 5.51. The van der Waals surface area contributed by atoms with Crippen molar-refractivity contribution in [2.45, 2.75) is 39.2 Å². The van der Waals surface area contributed by atoms with Crippen LogP contribution in [0.3, 0.4) is 0 Å². The van der Waals surface area contributed by atoms with Crippen LogP contribution in [0.15, 0.2) is 30.6 Å². The number of rotatable bonds is 3. The first kappa shape index (κ1) is 12.1. The van der Waals surface area contributed by atoms with Crippen molar-refractivity contribution in [1.82, 2.24) is 20.2 Å². The molecule has 19 heavy (non-hydrogen) atoms. The summed E-state index contributed by atoms with van der Waals surface area (Å²) in [6.07, 6.45) is 5.44. The molecule has 3 rings (SSSR count). The second-order valence-corrected chi connectivity index (χ2v) is 5.88. The standard InChI is InChI=1S/C14H19N5/c1-14(2)8-4-7-13(14)16-11-5-3-6-12(9-11)19-10-15-17-18-19/h3,5-6,9-10,13,16H,4,7-8H2,1-2H3. The van der Waals surface area contributed by atoms with E-state index in [0.29, 0.717) is 11.5 Å². The van der Waals surface area contributed by atoms with Gasteiger partial charge in [-0.05, 0) is 46.9 Å². The van der Waals surface area contributed by atoms with Crippen LogP contribution in [0, 0.1) is 5.41 Å². The lowest BCUT2D eigenvalue weighted by molar-refractivity contribution is 0.350. The minimum Gasteiger partial charge on any atom is -0.382 e. The van der Waals surface area contributed by atoms with Gasteiger partial charge < -0.3 is 5.32 Å². The average Bonchev–Trinajstić information content (AvgIpc) is 3.01. The summed E-state index contributed by atoms with van der Waals surface area (Å²) in [4.78, 5) is 0. The maximum absolute atomic E-state index is 3.92. The predicted molar refractivity (Wildman–Crippen MR) is 74.2 cm³/mol. The van der Waals surface area contributed by atoms with Crippen LogP contribution in [0.2, 0.25) is 0 Å². The molecule has 1 aromatic carbocycles. The fourth-order valence-electron chi connectivity index (χ4n) is 2.81. The molecule has 1 N–H and O–H groups in total. The molecule has 1 atom stereocenters. The Kier molecular flexibility index (Phi) is 2.97. The summed E-state index contributed by atoms with van der Waals surface area (Å²) < 4.78 is 1.67. The van der Waals surface area contributed by atoms with Gasteiger partial charge in [0.05, 0.1) is 5.69 Å². The molecule has 0 saturated heterocycles. The van der Waals surface area contributed by atoms with Crippen LogP contribution in [0.25, 0.3) is 5.69 Å². The van der Waals surface area contributed by atoms with E-state index in [-0.39, 0.29) is 0 Å². The topological polar surface area (TPSA) is 55.6 Å². The molecular formula is C14H19N5. The molecule has 0 aliphatic heterocycles. The number of hydrogen-bond donors (Lipinski definition) is 1. The van der Waals surface area contributed by atoms with Gasteiger partial charge in [0.25, 0.3) is 0 Å². The van der Waals surface area contributed by atoms with Crippen LogP contribution in [-0.2, 0) is 0 Å². The lowest BCUT2D eigenvalue weighted by Gasteiger charge is -2.28. The van der Waals surface area contributed by atoms with E-state index < -0.39 is 0 Å². The van der Waals surface area contributed by atoms with E-state index in [2.05, 4.69) is 46.8 Å². The number of anilines is 1. The Morgan fingerprint density at radius 3 is 2.95 bits per heavy atom. The highest BCUT2D eigenvalue weighted by Crippen LogP contribution is 2.39. The summed E-state index contributed by atoms with van der Waals surface area (Å²) in [7, 11) is 0. The molecule has 100 valence electrons. The van der Waals surface area contributed by atoms with Crippen LogP contribution in [0.4, 0.5) is 5.69 Å². The van der Waals surface area contributed by atoms with Crippen LogP contribution < -0.4 is 5.32 Å². The first-order valence-corrected chi connectivity index (χ1v) is 6.75. The van der Waals surface area contributed by atoms with Crippen molar-refractivity contribution in [3.05, 3.63) is 30.6 Å². The van der Waals surface area contributed by atoms with E-state index in [1.807, 2.05) is 12.1 Å². The van der Waals surface area contributed by atoms with Gasteiger partial charge in [-0.25, -0.2) is 4.68 Å². The number of hydrogen-bond acceptors (Lipinski definition) is 4. The van der Waals surface area contributed by atoms with E-state index in [1.54, 1.807) is 11.0 Å². The van der Waals surface area contributed by atoms with E-state index in [4.69, 9.17) is 0 Å². The third-order valence-electron chi connectivity index (χ3n) is 4.06. The summed E-state index contributed by atoms with van der Waals surface area (Å²) in [5, 5.41) is 14.9. The van der Waals surface area contributed by atoms with Gasteiger partial charge >= 0.3 is 0 Å². The maximum Gasteiger partial charge on any atom is 0.143 e. The molecule has 2 aromatic rings. The fourth-order valence-corrected chi connectivity index (χ4v) is 2.81. The first-order chi connectivity index (χ1) is 9.15. The second-order valence-electron chi connectivity index (χ2n) is 5.88. The van der Waals surface area contributed by atoms with Crippen molar-refractivity contribution in [1.29, 1.82) is 0 Å². The molecule has 1 unspecified atom stereocenters. The van der Waals surface area contributed by atoms with E-state index in [0.717, 1.165) is 11.4 Å².